The minimum atomic E-state index is -0.366. The van der Waals surface area contributed by atoms with Crippen molar-refractivity contribution in [2.75, 3.05) is 13.1 Å². The van der Waals surface area contributed by atoms with Crippen LogP contribution in [0.4, 0.5) is 0 Å². The molecule has 27 heavy (non-hydrogen) atoms. The quantitative estimate of drug-likeness (QED) is 0.238. The van der Waals surface area contributed by atoms with Crippen LogP contribution >= 0.6 is 0 Å². The summed E-state index contributed by atoms with van der Waals surface area (Å²) in [4.78, 5) is 2.01. The van der Waals surface area contributed by atoms with Crippen molar-refractivity contribution in [2.45, 2.75) is 129 Å². The smallest absolute Gasteiger partial charge is 0.0686 e. The van der Waals surface area contributed by atoms with Gasteiger partial charge in [0.1, 0.15) is 0 Å². The fourth-order valence-electron chi connectivity index (χ4n) is 3.56. The Hall–Kier alpha value is -0.540. The number of hydrogen-bond donors (Lipinski definition) is 2. The Labute approximate surface area is 170 Å². The highest BCUT2D eigenvalue weighted by molar-refractivity contribution is 4.84. The van der Waals surface area contributed by atoms with Crippen LogP contribution in [-0.2, 0) is 0 Å². The van der Waals surface area contributed by atoms with Gasteiger partial charge in [-0.3, -0.25) is 0 Å². The molecule has 2 N–H and O–H groups in total. The lowest BCUT2D eigenvalue weighted by Gasteiger charge is -2.23. The van der Waals surface area contributed by atoms with Gasteiger partial charge in [0, 0.05) is 13.1 Å². The van der Waals surface area contributed by atoms with Gasteiger partial charge in [0.25, 0.3) is 0 Å². The first-order valence-electron chi connectivity index (χ1n) is 11.8. The first-order valence-corrected chi connectivity index (χ1v) is 11.8. The SMILES string of the molecule is CCCCCCCCCCCCCCCC/C=C/N(CC(C)O)CC(C)O. The maximum atomic E-state index is 9.51. The molecule has 2 unspecified atom stereocenters. The van der Waals surface area contributed by atoms with Crippen LogP contribution < -0.4 is 0 Å². The van der Waals surface area contributed by atoms with Gasteiger partial charge in [-0.15, -0.1) is 0 Å². The summed E-state index contributed by atoms with van der Waals surface area (Å²) < 4.78 is 0. The van der Waals surface area contributed by atoms with Crippen molar-refractivity contribution in [1.29, 1.82) is 0 Å². The van der Waals surface area contributed by atoms with Crippen LogP contribution in [0.3, 0.4) is 0 Å². The van der Waals surface area contributed by atoms with Gasteiger partial charge in [-0.1, -0.05) is 96.5 Å². The van der Waals surface area contributed by atoms with Crippen molar-refractivity contribution in [3.8, 4) is 0 Å². The van der Waals surface area contributed by atoms with Crippen LogP contribution in [0.15, 0.2) is 12.3 Å². The third-order valence-electron chi connectivity index (χ3n) is 5.04. The second-order valence-corrected chi connectivity index (χ2v) is 8.42. The lowest BCUT2D eigenvalue weighted by Crippen LogP contribution is -2.32. The summed E-state index contributed by atoms with van der Waals surface area (Å²) in [6, 6.07) is 0. The van der Waals surface area contributed by atoms with E-state index < -0.39 is 0 Å². The summed E-state index contributed by atoms with van der Waals surface area (Å²) in [5, 5.41) is 19.0. The molecule has 0 saturated carbocycles. The molecule has 0 amide bonds. The molecule has 3 nitrogen and oxygen atoms in total. The molecule has 162 valence electrons. The molecule has 0 aliphatic carbocycles. The maximum Gasteiger partial charge on any atom is 0.0686 e. The Morgan fingerprint density at radius 2 is 1.00 bits per heavy atom. The lowest BCUT2D eigenvalue weighted by molar-refractivity contribution is 0.109. The van der Waals surface area contributed by atoms with E-state index in [1.807, 2.05) is 11.1 Å². The molecule has 0 radical (unpaired) electrons. The van der Waals surface area contributed by atoms with Crippen LogP contribution in [0.1, 0.15) is 117 Å². The van der Waals surface area contributed by atoms with Gasteiger partial charge < -0.3 is 15.1 Å². The standard InChI is InChI=1S/C24H49NO2/c1-4-5-6-7-8-9-10-11-12-13-14-15-16-17-18-19-20-25(21-23(2)26)22-24(3)27/h19-20,23-24,26-27H,4-18,21-22H2,1-3H3/b20-19+. The predicted octanol–water partition coefficient (Wildman–Crippen LogP) is 6.44. The van der Waals surface area contributed by atoms with Gasteiger partial charge in [-0.2, -0.15) is 0 Å². The molecule has 0 aromatic rings. The van der Waals surface area contributed by atoms with E-state index in [-0.39, 0.29) is 12.2 Å². The Balaban J connectivity index is 3.40. The Bertz CT molecular complexity index is 306. The molecule has 0 aliphatic heterocycles. The third kappa shape index (κ3) is 21.6. The maximum absolute atomic E-state index is 9.51. The molecule has 0 aliphatic rings. The van der Waals surface area contributed by atoms with Crippen molar-refractivity contribution in [1.82, 2.24) is 4.90 Å². The zero-order valence-corrected chi connectivity index (χ0v) is 18.7. The van der Waals surface area contributed by atoms with Gasteiger partial charge >= 0.3 is 0 Å². The number of aliphatic hydroxyl groups excluding tert-OH is 2. The van der Waals surface area contributed by atoms with Crippen molar-refractivity contribution in [2.24, 2.45) is 0 Å². The van der Waals surface area contributed by atoms with E-state index in [2.05, 4.69) is 13.0 Å². The molecule has 0 fully saturated rings. The second kappa shape index (κ2) is 20.2. The van der Waals surface area contributed by atoms with Crippen LogP contribution in [0, 0.1) is 0 Å². The summed E-state index contributed by atoms with van der Waals surface area (Å²) in [7, 11) is 0. The zero-order chi connectivity index (χ0) is 20.2. The third-order valence-corrected chi connectivity index (χ3v) is 5.04. The highest BCUT2D eigenvalue weighted by Crippen LogP contribution is 2.13. The molecular formula is C24H49NO2. The van der Waals surface area contributed by atoms with Crippen molar-refractivity contribution in [3.05, 3.63) is 12.3 Å². The molecule has 3 heteroatoms. The molecule has 0 saturated heterocycles. The minimum Gasteiger partial charge on any atom is -0.392 e. The molecule has 0 rings (SSSR count). The number of unbranched alkanes of at least 4 members (excludes halogenated alkanes) is 14. The summed E-state index contributed by atoms with van der Waals surface area (Å²) >= 11 is 0. The van der Waals surface area contributed by atoms with Crippen molar-refractivity contribution >= 4 is 0 Å². The molecule has 0 aromatic heterocycles. The van der Waals surface area contributed by atoms with E-state index in [9.17, 15) is 10.2 Å². The Morgan fingerprint density at radius 3 is 1.37 bits per heavy atom. The molecule has 0 heterocycles. The first-order chi connectivity index (χ1) is 13.1. The molecular weight excluding hydrogens is 334 g/mol. The topological polar surface area (TPSA) is 43.7 Å². The number of aliphatic hydroxyl groups is 2. The summed E-state index contributed by atoms with van der Waals surface area (Å²) in [6.45, 7) is 7.02. The summed E-state index contributed by atoms with van der Waals surface area (Å²) in [5.41, 5.74) is 0. The molecule has 0 bridgehead atoms. The highest BCUT2D eigenvalue weighted by Gasteiger charge is 2.06. The normalized spacial score (nSPS) is 14.0. The molecule has 0 aromatic carbocycles. The van der Waals surface area contributed by atoms with Gasteiger partial charge in [-0.25, -0.2) is 0 Å². The number of hydrogen-bond acceptors (Lipinski definition) is 3. The molecule has 2 atom stereocenters. The Kier molecular flexibility index (Phi) is 19.8. The molecule has 0 spiro atoms. The van der Waals surface area contributed by atoms with E-state index in [1.54, 1.807) is 13.8 Å². The summed E-state index contributed by atoms with van der Waals surface area (Å²) in [5.74, 6) is 0. The van der Waals surface area contributed by atoms with Crippen molar-refractivity contribution < 1.29 is 10.2 Å². The van der Waals surface area contributed by atoms with E-state index in [0.29, 0.717) is 13.1 Å². The zero-order valence-electron chi connectivity index (χ0n) is 18.7. The van der Waals surface area contributed by atoms with Gasteiger partial charge in [0.05, 0.1) is 12.2 Å². The average Bonchev–Trinajstić information content (AvgIpc) is 2.60. The van der Waals surface area contributed by atoms with E-state index in [1.165, 1.54) is 89.9 Å². The van der Waals surface area contributed by atoms with E-state index in [4.69, 9.17) is 0 Å². The second-order valence-electron chi connectivity index (χ2n) is 8.42. The van der Waals surface area contributed by atoms with Crippen LogP contribution in [0.5, 0.6) is 0 Å². The monoisotopic (exact) mass is 383 g/mol. The van der Waals surface area contributed by atoms with Crippen LogP contribution in [0.25, 0.3) is 0 Å². The number of allylic oxidation sites excluding steroid dienone is 1. The van der Waals surface area contributed by atoms with Gasteiger partial charge in [-0.05, 0) is 32.9 Å². The minimum absolute atomic E-state index is 0.366. The highest BCUT2D eigenvalue weighted by atomic mass is 16.3. The van der Waals surface area contributed by atoms with E-state index in [0.717, 1.165) is 6.42 Å². The lowest BCUT2D eigenvalue weighted by atomic mass is 10.0. The van der Waals surface area contributed by atoms with Gasteiger partial charge in [0.2, 0.25) is 0 Å². The summed E-state index contributed by atoms with van der Waals surface area (Å²) in [6.07, 6.45) is 24.1. The Morgan fingerprint density at radius 1 is 0.630 bits per heavy atom. The number of nitrogens with zero attached hydrogens (tertiary/aromatic N) is 1. The fourth-order valence-corrected chi connectivity index (χ4v) is 3.56. The first kappa shape index (κ1) is 26.5. The van der Waals surface area contributed by atoms with Gasteiger partial charge in [0.15, 0.2) is 0 Å². The van der Waals surface area contributed by atoms with Crippen LogP contribution in [-0.4, -0.2) is 40.4 Å². The fraction of sp³-hybridized carbons (Fsp3) is 0.917. The largest absolute Gasteiger partial charge is 0.392 e. The predicted molar refractivity (Wildman–Crippen MR) is 119 cm³/mol. The van der Waals surface area contributed by atoms with E-state index >= 15 is 0 Å². The average molecular weight is 384 g/mol. The number of rotatable bonds is 20. The van der Waals surface area contributed by atoms with Crippen molar-refractivity contribution in [3.63, 3.8) is 0 Å². The van der Waals surface area contributed by atoms with Crippen LogP contribution in [0.2, 0.25) is 0 Å².